The Kier molecular flexibility index (Phi) is 6.07. The summed E-state index contributed by atoms with van der Waals surface area (Å²) in [6.07, 6.45) is -1.26. The molecule has 1 heterocycles. The SMILES string of the molecule is CNC(=S)N[C@H]1CO[C@H](CCCO)[C@@H](O)[C@@H]1O. The molecule has 0 aromatic carbocycles. The molecule has 0 saturated carbocycles. The standard InChI is InChI=1S/C10H20N2O4S/c1-11-10(17)12-6-5-16-7(3-2-4-13)9(15)8(6)14/h6-9,13-15H,2-5H2,1H3,(H2,11,12,17)/t6-,7+,8+,9+/m0/s1. The van der Waals surface area contributed by atoms with E-state index in [0.717, 1.165) is 0 Å². The zero-order chi connectivity index (χ0) is 12.8. The average molecular weight is 264 g/mol. The number of rotatable bonds is 4. The van der Waals surface area contributed by atoms with Crippen LogP contribution in [0.15, 0.2) is 0 Å². The van der Waals surface area contributed by atoms with Crippen LogP contribution in [0.25, 0.3) is 0 Å². The molecule has 1 saturated heterocycles. The second-order valence-electron chi connectivity index (χ2n) is 4.05. The molecule has 17 heavy (non-hydrogen) atoms. The van der Waals surface area contributed by atoms with E-state index in [4.69, 9.17) is 22.1 Å². The van der Waals surface area contributed by atoms with E-state index >= 15 is 0 Å². The zero-order valence-electron chi connectivity index (χ0n) is 9.80. The molecule has 6 nitrogen and oxygen atoms in total. The van der Waals surface area contributed by atoms with Gasteiger partial charge < -0.3 is 30.7 Å². The molecule has 1 aliphatic heterocycles. The Labute approximate surface area is 106 Å². The van der Waals surface area contributed by atoms with Crippen molar-refractivity contribution in [2.45, 2.75) is 37.2 Å². The Morgan fingerprint density at radius 3 is 2.71 bits per heavy atom. The average Bonchev–Trinajstić information content (AvgIpc) is 2.34. The molecule has 0 amide bonds. The maximum atomic E-state index is 9.91. The van der Waals surface area contributed by atoms with E-state index in [0.29, 0.717) is 18.0 Å². The van der Waals surface area contributed by atoms with Gasteiger partial charge in [0.2, 0.25) is 0 Å². The number of aliphatic hydroxyl groups is 3. The Morgan fingerprint density at radius 1 is 1.41 bits per heavy atom. The number of nitrogens with one attached hydrogen (secondary N) is 2. The minimum atomic E-state index is -0.965. The Morgan fingerprint density at radius 2 is 2.12 bits per heavy atom. The predicted molar refractivity (Wildman–Crippen MR) is 66.7 cm³/mol. The minimum absolute atomic E-state index is 0.0498. The molecule has 100 valence electrons. The fraction of sp³-hybridized carbons (Fsp3) is 0.900. The van der Waals surface area contributed by atoms with E-state index in [1.165, 1.54) is 0 Å². The Hall–Kier alpha value is -0.470. The molecule has 1 rings (SSSR count). The van der Waals surface area contributed by atoms with Gasteiger partial charge in [0.05, 0.1) is 18.8 Å². The quantitative estimate of drug-likeness (QED) is 0.388. The molecule has 4 atom stereocenters. The van der Waals surface area contributed by atoms with E-state index in [1.807, 2.05) is 0 Å². The fourth-order valence-corrected chi connectivity index (χ4v) is 1.95. The summed E-state index contributed by atoms with van der Waals surface area (Å²) in [6.45, 7) is 0.324. The van der Waals surface area contributed by atoms with Crippen molar-refractivity contribution in [2.24, 2.45) is 0 Å². The maximum absolute atomic E-state index is 9.91. The Bertz CT molecular complexity index is 254. The van der Waals surface area contributed by atoms with Crippen LogP contribution in [0.4, 0.5) is 0 Å². The van der Waals surface area contributed by atoms with Gasteiger partial charge in [-0.1, -0.05) is 0 Å². The highest BCUT2D eigenvalue weighted by atomic mass is 32.1. The lowest BCUT2D eigenvalue weighted by Gasteiger charge is -2.38. The summed E-state index contributed by atoms with van der Waals surface area (Å²) >= 11 is 4.92. The van der Waals surface area contributed by atoms with Crippen molar-refractivity contribution in [1.29, 1.82) is 0 Å². The van der Waals surface area contributed by atoms with Crippen LogP contribution in [0, 0.1) is 0 Å². The number of aliphatic hydroxyl groups excluding tert-OH is 3. The molecule has 0 spiro atoms. The first-order valence-electron chi connectivity index (χ1n) is 5.67. The monoisotopic (exact) mass is 264 g/mol. The van der Waals surface area contributed by atoms with Gasteiger partial charge in [-0.3, -0.25) is 0 Å². The molecule has 0 radical (unpaired) electrons. The lowest BCUT2D eigenvalue weighted by atomic mass is 9.95. The maximum Gasteiger partial charge on any atom is 0.166 e. The van der Waals surface area contributed by atoms with Gasteiger partial charge in [0.25, 0.3) is 0 Å². The van der Waals surface area contributed by atoms with E-state index in [1.54, 1.807) is 7.05 Å². The highest BCUT2D eigenvalue weighted by Gasteiger charge is 2.38. The largest absolute Gasteiger partial charge is 0.396 e. The fourth-order valence-electron chi connectivity index (χ4n) is 1.80. The highest BCUT2D eigenvalue weighted by Crippen LogP contribution is 2.19. The van der Waals surface area contributed by atoms with Crippen LogP contribution in [-0.2, 0) is 4.74 Å². The van der Waals surface area contributed by atoms with Gasteiger partial charge in [-0.2, -0.15) is 0 Å². The molecule has 1 fully saturated rings. The molecule has 0 bridgehead atoms. The lowest BCUT2D eigenvalue weighted by molar-refractivity contribution is -0.150. The summed E-state index contributed by atoms with van der Waals surface area (Å²) in [7, 11) is 1.67. The Balaban J connectivity index is 2.47. The first-order valence-corrected chi connectivity index (χ1v) is 6.07. The topological polar surface area (TPSA) is 94.0 Å². The van der Waals surface area contributed by atoms with Gasteiger partial charge in [-0.15, -0.1) is 0 Å². The van der Waals surface area contributed by atoms with Gasteiger partial charge in [-0.25, -0.2) is 0 Å². The van der Waals surface area contributed by atoms with Crippen molar-refractivity contribution in [2.75, 3.05) is 20.3 Å². The van der Waals surface area contributed by atoms with E-state index in [9.17, 15) is 10.2 Å². The smallest absolute Gasteiger partial charge is 0.166 e. The molecule has 0 aromatic heterocycles. The van der Waals surface area contributed by atoms with Gasteiger partial charge in [0, 0.05) is 13.7 Å². The second-order valence-corrected chi connectivity index (χ2v) is 4.46. The van der Waals surface area contributed by atoms with Crippen LogP contribution in [-0.4, -0.2) is 65.0 Å². The van der Waals surface area contributed by atoms with Crippen molar-refractivity contribution in [3.63, 3.8) is 0 Å². The molecule has 0 aromatic rings. The van der Waals surface area contributed by atoms with Gasteiger partial charge >= 0.3 is 0 Å². The summed E-state index contributed by atoms with van der Waals surface area (Å²) in [5.41, 5.74) is 0. The highest BCUT2D eigenvalue weighted by molar-refractivity contribution is 7.80. The molecule has 0 unspecified atom stereocenters. The van der Waals surface area contributed by atoms with Crippen molar-refractivity contribution >= 4 is 17.3 Å². The van der Waals surface area contributed by atoms with Crippen LogP contribution in [0.2, 0.25) is 0 Å². The normalized spacial score (nSPS) is 33.2. The minimum Gasteiger partial charge on any atom is -0.396 e. The van der Waals surface area contributed by atoms with Crippen LogP contribution in [0.5, 0.6) is 0 Å². The van der Waals surface area contributed by atoms with Crippen molar-refractivity contribution in [3.8, 4) is 0 Å². The van der Waals surface area contributed by atoms with E-state index in [2.05, 4.69) is 10.6 Å². The third-order valence-corrected chi connectivity index (χ3v) is 3.15. The third kappa shape index (κ3) is 4.04. The van der Waals surface area contributed by atoms with Crippen LogP contribution in [0.3, 0.4) is 0 Å². The third-order valence-electron chi connectivity index (χ3n) is 2.82. The lowest BCUT2D eigenvalue weighted by Crippen LogP contribution is -2.60. The van der Waals surface area contributed by atoms with Crippen LogP contribution in [0.1, 0.15) is 12.8 Å². The summed E-state index contributed by atoms with van der Waals surface area (Å²) in [6, 6.07) is -0.421. The number of ether oxygens (including phenoxy) is 1. The first-order chi connectivity index (χ1) is 8.10. The van der Waals surface area contributed by atoms with Gasteiger partial charge in [0.1, 0.15) is 12.2 Å². The summed E-state index contributed by atoms with van der Waals surface area (Å²) in [4.78, 5) is 0. The summed E-state index contributed by atoms with van der Waals surface area (Å²) in [5.74, 6) is 0. The predicted octanol–water partition coefficient (Wildman–Crippen LogP) is -1.66. The number of hydrogen-bond acceptors (Lipinski definition) is 5. The zero-order valence-corrected chi connectivity index (χ0v) is 10.6. The first kappa shape index (κ1) is 14.6. The molecule has 5 N–H and O–H groups in total. The van der Waals surface area contributed by atoms with E-state index < -0.39 is 24.4 Å². The molecule has 1 aliphatic rings. The molecular formula is C10H20N2O4S. The second kappa shape index (κ2) is 7.07. The van der Waals surface area contributed by atoms with Crippen LogP contribution >= 0.6 is 12.2 Å². The molecule has 7 heteroatoms. The van der Waals surface area contributed by atoms with Crippen molar-refractivity contribution in [1.82, 2.24) is 10.6 Å². The number of thiocarbonyl (C=S) groups is 1. The summed E-state index contributed by atoms with van der Waals surface area (Å²) in [5, 5.41) is 34.5. The molecular weight excluding hydrogens is 244 g/mol. The summed E-state index contributed by atoms with van der Waals surface area (Å²) < 4.78 is 5.45. The van der Waals surface area contributed by atoms with Crippen molar-refractivity contribution < 1.29 is 20.1 Å². The van der Waals surface area contributed by atoms with Gasteiger partial charge in [0.15, 0.2) is 5.11 Å². The van der Waals surface area contributed by atoms with Gasteiger partial charge in [-0.05, 0) is 25.1 Å². The molecule has 0 aliphatic carbocycles. The van der Waals surface area contributed by atoms with E-state index in [-0.39, 0.29) is 13.2 Å². The van der Waals surface area contributed by atoms with Crippen LogP contribution < -0.4 is 10.6 Å². The van der Waals surface area contributed by atoms with Crippen molar-refractivity contribution in [3.05, 3.63) is 0 Å². The number of hydrogen-bond donors (Lipinski definition) is 5.